The number of rotatable bonds is 8. The van der Waals surface area contributed by atoms with Crippen LogP contribution in [0.5, 0.6) is 11.5 Å². The molecule has 0 radical (unpaired) electrons. The molecule has 0 aliphatic carbocycles. The number of fused-ring (bicyclic) bond motifs is 1. The molecule has 1 aromatic heterocycles. The van der Waals surface area contributed by atoms with Crippen molar-refractivity contribution in [3.8, 4) is 11.5 Å². The standard InChI is InChI=1S/C27H24N2O4/c1-32-27(31)25(17-20-18-28-24-13-6-5-12-23(20)24)29-26(30)15-14-19-8-7-11-22(16-19)33-21-9-3-2-4-10-21/h2-16,18,25,28H,17H2,1H3,(H,29,30)/b15-14+/t25-/m0/s1. The molecule has 1 amide bonds. The van der Waals surface area contributed by atoms with Crippen molar-refractivity contribution >= 4 is 28.9 Å². The lowest BCUT2D eigenvalue weighted by molar-refractivity contribution is -0.144. The predicted octanol–water partition coefficient (Wildman–Crippen LogP) is 4.87. The molecule has 6 heteroatoms. The normalized spacial score (nSPS) is 11.9. The minimum absolute atomic E-state index is 0.316. The van der Waals surface area contributed by atoms with Crippen LogP contribution in [0.1, 0.15) is 11.1 Å². The second kappa shape index (κ2) is 10.3. The third kappa shape index (κ3) is 5.68. The van der Waals surface area contributed by atoms with E-state index in [9.17, 15) is 9.59 Å². The highest BCUT2D eigenvalue weighted by Crippen LogP contribution is 2.22. The number of carbonyl (C=O) groups excluding carboxylic acids is 2. The predicted molar refractivity (Wildman–Crippen MR) is 128 cm³/mol. The first-order chi connectivity index (χ1) is 16.1. The number of ether oxygens (including phenoxy) is 2. The topological polar surface area (TPSA) is 80.4 Å². The lowest BCUT2D eigenvalue weighted by Gasteiger charge is -2.15. The number of benzene rings is 3. The Bertz CT molecular complexity index is 1280. The highest BCUT2D eigenvalue weighted by atomic mass is 16.5. The Morgan fingerprint density at radius 2 is 1.73 bits per heavy atom. The summed E-state index contributed by atoms with van der Waals surface area (Å²) in [7, 11) is 1.31. The number of hydrogen-bond acceptors (Lipinski definition) is 4. The van der Waals surface area contributed by atoms with Crippen LogP contribution >= 0.6 is 0 Å². The van der Waals surface area contributed by atoms with Gasteiger partial charge in [-0.3, -0.25) is 4.79 Å². The van der Waals surface area contributed by atoms with Crippen LogP contribution in [0, 0.1) is 0 Å². The van der Waals surface area contributed by atoms with E-state index in [4.69, 9.17) is 9.47 Å². The summed E-state index contributed by atoms with van der Waals surface area (Å²) >= 11 is 0. The molecule has 0 aliphatic heterocycles. The minimum Gasteiger partial charge on any atom is -0.467 e. The molecule has 0 saturated carbocycles. The van der Waals surface area contributed by atoms with E-state index in [2.05, 4.69) is 10.3 Å². The van der Waals surface area contributed by atoms with E-state index in [1.54, 1.807) is 6.08 Å². The van der Waals surface area contributed by atoms with Gasteiger partial charge in [0.25, 0.3) is 0 Å². The summed E-state index contributed by atoms with van der Waals surface area (Å²) in [6.07, 6.45) is 5.23. The number of methoxy groups -OCH3 is 1. The summed E-state index contributed by atoms with van der Waals surface area (Å²) in [5.74, 6) is 0.505. The molecule has 4 aromatic rings. The number of amides is 1. The van der Waals surface area contributed by atoms with E-state index in [1.807, 2.05) is 85.1 Å². The van der Waals surface area contributed by atoms with Crippen molar-refractivity contribution in [1.82, 2.24) is 10.3 Å². The Morgan fingerprint density at radius 1 is 0.970 bits per heavy atom. The fourth-order valence-electron chi connectivity index (χ4n) is 3.55. The summed E-state index contributed by atoms with van der Waals surface area (Å²) in [6.45, 7) is 0. The van der Waals surface area contributed by atoms with Gasteiger partial charge >= 0.3 is 5.97 Å². The lowest BCUT2D eigenvalue weighted by atomic mass is 10.0. The van der Waals surface area contributed by atoms with Crippen LogP contribution < -0.4 is 10.1 Å². The van der Waals surface area contributed by atoms with Gasteiger partial charge in [0.15, 0.2) is 0 Å². The minimum atomic E-state index is -0.806. The molecule has 1 heterocycles. The van der Waals surface area contributed by atoms with Crippen LogP contribution in [0.3, 0.4) is 0 Å². The third-order valence-corrected chi connectivity index (χ3v) is 5.17. The number of esters is 1. The first-order valence-electron chi connectivity index (χ1n) is 10.6. The van der Waals surface area contributed by atoms with E-state index >= 15 is 0 Å². The van der Waals surface area contributed by atoms with Crippen LogP contribution in [0.25, 0.3) is 17.0 Å². The molecular formula is C27H24N2O4. The van der Waals surface area contributed by atoms with Crippen LogP contribution in [-0.4, -0.2) is 30.0 Å². The van der Waals surface area contributed by atoms with Crippen molar-refractivity contribution in [1.29, 1.82) is 0 Å². The Balaban J connectivity index is 1.43. The van der Waals surface area contributed by atoms with Gasteiger partial charge < -0.3 is 19.8 Å². The van der Waals surface area contributed by atoms with Crippen molar-refractivity contribution in [3.05, 3.63) is 102 Å². The fourth-order valence-corrected chi connectivity index (χ4v) is 3.55. The first-order valence-corrected chi connectivity index (χ1v) is 10.6. The third-order valence-electron chi connectivity index (χ3n) is 5.17. The molecular weight excluding hydrogens is 416 g/mol. The number of H-pyrrole nitrogens is 1. The van der Waals surface area contributed by atoms with Crippen molar-refractivity contribution in [2.24, 2.45) is 0 Å². The highest BCUT2D eigenvalue weighted by Gasteiger charge is 2.22. The SMILES string of the molecule is COC(=O)[C@H](Cc1c[nH]c2ccccc12)NC(=O)/C=C/c1cccc(Oc2ccccc2)c1. The quantitative estimate of drug-likeness (QED) is 0.302. The number of carbonyl (C=O) groups is 2. The molecule has 1 atom stereocenters. The molecule has 0 fully saturated rings. The number of aromatic amines is 1. The number of para-hydroxylation sites is 2. The Kier molecular flexibility index (Phi) is 6.85. The molecule has 0 saturated heterocycles. The van der Waals surface area contributed by atoms with E-state index in [1.165, 1.54) is 13.2 Å². The number of aromatic nitrogens is 1. The van der Waals surface area contributed by atoms with Gasteiger partial charge in [-0.25, -0.2) is 4.79 Å². The van der Waals surface area contributed by atoms with Gasteiger partial charge in [0.05, 0.1) is 7.11 Å². The van der Waals surface area contributed by atoms with Crippen molar-refractivity contribution < 1.29 is 19.1 Å². The fraction of sp³-hybridized carbons (Fsp3) is 0.111. The summed E-state index contributed by atoms with van der Waals surface area (Å²) in [5.41, 5.74) is 2.70. The Morgan fingerprint density at radius 3 is 2.55 bits per heavy atom. The molecule has 4 rings (SSSR count). The van der Waals surface area contributed by atoms with Crippen molar-refractivity contribution in [3.63, 3.8) is 0 Å². The van der Waals surface area contributed by atoms with E-state index in [0.717, 1.165) is 27.8 Å². The molecule has 3 aromatic carbocycles. The zero-order valence-electron chi connectivity index (χ0n) is 18.2. The van der Waals surface area contributed by atoms with E-state index < -0.39 is 12.0 Å². The van der Waals surface area contributed by atoms with Crippen LogP contribution in [-0.2, 0) is 20.7 Å². The summed E-state index contributed by atoms with van der Waals surface area (Å²) in [5, 5.41) is 3.76. The number of hydrogen-bond donors (Lipinski definition) is 2. The average molecular weight is 440 g/mol. The lowest BCUT2D eigenvalue weighted by Crippen LogP contribution is -2.42. The monoisotopic (exact) mass is 440 g/mol. The van der Waals surface area contributed by atoms with Gasteiger partial charge in [0.2, 0.25) is 5.91 Å². The summed E-state index contributed by atoms with van der Waals surface area (Å²) in [6, 6.07) is 23.9. The second-order valence-corrected chi connectivity index (χ2v) is 7.47. The first kappa shape index (κ1) is 21.9. The molecule has 166 valence electrons. The maximum atomic E-state index is 12.6. The summed E-state index contributed by atoms with van der Waals surface area (Å²) in [4.78, 5) is 28.1. The molecule has 6 nitrogen and oxygen atoms in total. The molecule has 0 bridgehead atoms. The van der Waals surface area contributed by atoms with Crippen LogP contribution in [0.2, 0.25) is 0 Å². The van der Waals surface area contributed by atoms with Gasteiger partial charge in [-0.1, -0.05) is 48.5 Å². The summed E-state index contributed by atoms with van der Waals surface area (Å²) < 4.78 is 10.7. The van der Waals surface area contributed by atoms with Crippen molar-refractivity contribution in [2.45, 2.75) is 12.5 Å². The average Bonchev–Trinajstić information content (AvgIpc) is 3.25. The molecule has 2 N–H and O–H groups in total. The second-order valence-electron chi connectivity index (χ2n) is 7.47. The maximum Gasteiger partial charge on any atom is 0.328 e. The number of nitrogens with one attached hydrogen (secondary N) is 2. The van der Waals surface area contributed by atoms with E-state index in [-0.39, 0.29) is 5.91 Å². The van der Waals surface area contributed by atoms with Gasteiger partial charge in [0, 0.05) is 29.6 Å². The van der Waals surface area contributed by atoms with E-state index in [0.29, 0.717) is 12.2 Å². The zero-order chi connectivity index (χ0) is 23.0. The van der Waals surface area contributed by atoms with Crippen molar-refractivity contribution in [2.75, 3.05) is 7.11 Å². The van der Waals surface area contributed by atoms with Gasteiger partial charge in [-0.2, -0.15) is 0 Å². The Hall–Kier alpha value is -4.32. The smallest absolute Gasteiger partial charge is 0.328 e. The Labute approximate surface area is 191 Å². The van der Waals surface area contributed by atoms with Gasteiger partial charge in [0.1, 0.15) is 17.5 Å². The maximum absolute atomic E-state index is 12.6. The zero-order valence-corrected chi connectivity index (χ0v) is 18.2. The molecule has 0 aliphatic rings. The van der Waals surface area contributed by atoms with Crippen LogP contribution in [0.4, 0.5) is 0 Å². The van der Waals surface area contributed by atoms with Crippen LogP contribution in [0.15, 0.2) is 91.1 Å². The molecule has 33 heavy (non-hydrogen) atoms. The highest BCUT2D eigenvalue weighted by molar-refractivity contribution is 5.95. The largest absolute Gasteiger partial charge is 0.467 e. The molecule has 0 unspecified atom stereocenters. The molecule has 0 spiro atoms. The van der Waals surface area contributed by atoms with Gasteiger partial charge in [-0.05, 0) is 47.5 Å². The van der Waals surface area contributed by atoms with Gasteiger partial charge in [-0.15, -0.1) is 0 Å².